The highest BCUT2D eigenvalue weighted by molar-refractivity contribution is 5.99. The molecule has 4 N–H and O–H groups in total. The minimum absolute atomic E-state index is 0.0588. The molecule has 0 spiro atoms. The van der Waals surface area contributed by atoms with Crippen LogP contribution in [-0.2, 0) is 6.42 Å². The van der Waals surface area contributed by atoms with Crippen LogP contribution in [0.2, 0.25) is 0 Å². The Hall–Kier alpha value is -2.84. The molecule has 2 aromatic rings. The van der Waals surface area contributed by atoms with E-state index in [0.29, 0.717) is 30.4 Å². The first-order chi connectivity index (χ1) is 9.95. The number of aryl methyl sites for hydroxylation is 2. The predicted molar refractivity (Wildman–Crippen MR) is 72.2 cm³/mol. The van der Waals surface area contributed by atoms with Gasteiger partial charge in [0.15, 0.2) is 5.82 Å². The zero-order chi connectivity index (χ0) is 15.4. The first-order valence-corrected chi connectivity index (χ1v) is 6.22. The van der Waals surface area contributed by atoms with Crippen molar-refractivity contribution in [2.45, 2.75) is 20.3 Å². The van der Waals surface area contributed by atoms with Crippen LogP contribution >= 0.6 is 0 Å². The molecular formula is C12H15N5O4. The summed E-state index contributed by atoms with van der Waals surface area (Å²) in [4.78, 5) is 29.3. The Balaban J connectivity index is 1.86. The lowest BCUT2D eigenvalue weighted by atomic mass is 10.3. The number of carboxylic acids is 1. The summed E-state index contributed by atoms with van der Waals surface area (Å²) in [5, 5.41) is 17.7. The topological polar surface area (TPSA) is 133 Å². The van der Waals surface area contributed by atoms with E-state index < -0.39 is 12.0 Å². The average molecular weight is 293 g/mol. The van der Waals surface area contributed by atoms with Gasteiger partial charge < -0.3 is 25.2 Å². The highest BCUT2D eigenvalue weighted by Gasteiger charge is 2.15. The molecule has 2 amide bonds. The molecule has 9 nitrogen and oxygen atoms in total. The van der Waals surface area contributed by atoms with Crippen LogP contribution in [0.3, 0.4) is 0 Å². The van der Waals surface area contributed by atoms with Crippen LogP contribution in [0.25, 0.3) is 0 Å². The molecule has 0 radical (unpaired) electrons. The van der Waals surface area contributed by atoms with E-state index in [1.54, 1.807) is 19.9 Å². The maximum atomic E-state index is 11.7. The van der Waals surface area contributed by atoms with Crippen molar-refractivity contribution in [2.24, 2.45) is 0 Å². The molecule has 9 heteroatoms. The molecule has 0 saturated heterocycles. The zero-order valence-corrected chi connectivity index (χ0v) is 11.6. The predicted octanol–water partition coefficient (Wildman–Crippen LogP) is 1.08. The molecule has 2 heterocycles. The summed E-state index contributed by atoms with van der Waals surface area (Å²) in [5.41, 5.74) is 0.800. The molecule has 21 heavy (non-hydrogen) atoms. The number of carbonyl (C=O) groups excluding carboxylic acids is 1. The number of H-pyrrole nitrogens is 1. The summed E-state index contributed by atoms with van der Waals surface area (Å²) in [6.07, 6.45) is 0.419. The van der Waals surface area contributed by atoms with Crippen LogP contribution < -0.4 is 10.6 Å². The number of hydrogen-bond acceptors (Lipinski definition) is 5. The molecule has 2 rings (SSSR count). The van der Waals surface area contributed by atoms with E-state index in [1.165, 1.54) is 0 Å². The second-order valence-corrected chi connectivity index (χ2v) is 4.41. The minimum atomic E-state index is -1.14. The maximum Gasteiger partial charge on any atom is 0.354 e. The maximum absolute atomic E-state index is 11.7. The van der Waals surface area contributed by atoms with Gasteiger partial charge in [0.05, 0.1) is 5.69 Å². The molecule has 2 aromatic heterocycles. The Morgan fingerprint density at radius 1 is 1.43 bits per heavy atom. The van der Waals surface area contributed by atoms with Gasteiger partial charge in [0.1, 0.15) is 5.69 Å². The Morgan fingerprint density at radius 2 is 2.19 bits per heavy atom. The third-order valence-corrected chi connectivity index (χ3v) is 2.62. The minimum Gasteiger partial charge on any atom is -0.477 e. The fraction of sp³-hybridized carbons (Fsp3) is 0.333. The van der Waals surface area contributed by atoms with E-state index in [1.807, 2.05) is 0 Å². The first-order valence-electron chi connectivity index (χ1n) is 6.22. The molecule has 0 unspecified atom stereocenters. The second-order valence-electron chi connectivity index (χ2n) is 4.41. The third kappa shape index (κ3) is 3.81. The van der Waals surface area contributed by atoms with E-state index >= 15 is 0 Å². The van der Waals surface area contributed by atoms with Crippen LogP contribution in [0.4, 0.5) is 10.5 Å². The van der Waals surface area contributed by atoms with Crippen LogP contribution in [0.5, 0.6) is 0 Å². The number of urea groups is 1. The van der Waals surface area contributed by atoms with Crippen molar-refractivity contribution in [1.82, 2.24) is 20.4 Å². The van der Waals surface area contributed by atoms with Gasteiger partial charge in [-0.3, -0.25) is 0 Å². The Kier molecular flexibility index (Phi) is 4.21. The average Bonchev–Trinajstić information content (AvgIpc) is 2.96. The number of aromatic amines is 1. The third-order valence-electron chi connectivity index (χ3n) is 2.62. The van der Waals surface area contributed by atoms with E-state index in [0.717, 1.165) is 0 Å². The number of nitrogens with one attached hydrogen (secondary N) is 3. The Labute approximate surface area is 119 Å². The number of carbonyl (C=O) groups is 2. The number of carboxylic acid groups (broad SMARTS) is 1. The molecule has 0 aliphatic carbocycles. The summed E-state index contributed by atoms with van der Waals surface area (Å²) < 4.78 is 4.80. The van der Waals surface area contributed by atoms with Gasteiger partial charge in [0.25, 0.3) is 0 Å². The van der Waals surface area contributed by atoms with E-state index in [2.05, 4.69) is 25.8 Å². The highest BCUT2D eigenvalue weighted by Crippen LogP contribution is 2.16. The van der Waals surface area contributed by atoms with Gasteiger partial charge in [-0.1, -0.05) is 5.16 Å². The first kappa shape index (κ1) is 14.6. The fourth-order valence-corrected chi connectivity index (χ4v) is 1.75. The van der Waals surface area contributed by atoms with Crippen molar-refractivity contribution in [3.63, 3.8) is 0 Å². The van der Waals surface area contributed by atoms with Gasteiger partial charge in [-0.05, 0) is 13.0 Å². The van der Waals surface area contributed by atoms with Gasteiger partial charge in [0, 0.05) is 25.6 Å². The number of amides is 2. The van der Waals surface area contributed by atoms with Gasteiger partial charge >= 0.3 is 12.0 Å². The van der Waals surface area contributed by atoms with Crippen molar-refractivity contribution in [1.29, 1.82) is 0 Å². The van der Waals surface area contributed by atoms with E-state index in [-0.39, 0.29) is 11.4 Å². The largest absolute Gasteiger partial charge is 0.477 e. The molecule has 0 aliphatic heterocycles. The number of aromatic nitrogens is 3. The van der Waals surface area contributed by atoms with Crippen molar-refractivity contribution in [3.8, 4) is 0 Å². The van der Waals surface area contributed by atoms with Gasteiger partial charge in [-0.15, -0.1) is 0 Å². The zero-order valence-electron chi connectivity index (χ0n) is 11.6. The number of anilines is 1. The molecule has 0 fully saturated rings. The van der Waals surface area contributed by atoms with Crippen LogP contribution in [0.15, 0.2) is 10.6 Å². The number of nitrogens with zero attached hydrogens (tertiary/aromatic N) is 2. The van der Waals surface area contributed by atoms with Crippen molar-refractivity contribution in [2.75, 3.05) is 11.9 Å². The van der Waals surface area contributed by atoms with Crippen molar-refractivity contribution < 1.29 is 19.2 Å². The smallest absolute Gasteiger partial charge is 0.354 e. The summed E-state index contributed by atoms with van der Waals surface area (Å²) in [7, 11) is 0. The SMILES string of the molecule is Cc1cc(NC(=O)NCCc2noc(C)n2)c(C(=O)O)[nH]1. The lowest BCUT2D eigenvalue weighted by Gasteiger charge is -2.05. The van der Waals surface area contributed by atoms with Gasteiger partial charge in [-0.2, -0.15) is 4.98 Å². The number of aromatic carboxylic acids is 1. The van der Waals surface area contributed by atoms with Crippen LogP contribution in [-0.4, -0.2) is 38.8 Å². The normalized spacial score (nSPS) is 10.4. The molecule has 0 aromatic carbocycles. The lowest BCUT2D eigenvalue weighted by Crippen LogP contribution is -2.31. The fourth-order valence-electron chi connectivity index (χ4n) is 1.75. The molecule has 112 valence electrons. The highest BCUT2D eigenvalue weighted by atomic mass is 16.5. The molecule has 0 atom stereocenters. The van der Waals surface area contributed by atoms with Crippen LogP contribution in [0, 0.1) is 13.8 Å². The monoisotopic (exact) mass is 293 g/mol. The molecule has 0 bridgehead atoms. The quantitative estimate of drug-likeness (QED) is 0.651. The molecule has 0 aliphatic rings. The van der Waals surface area contributed by atoms with Crippen molar-refractivity contribution >= 4 is 17.7 Å². The summed E-state index contributed by atoms with van der Waals surface area (Å²) in [6, 6.07) is 1.04. The molecule has 0 saturated carbocycles. The van der Waals surface area contributed by atoms with Gasteiger partial charge in [0.2, 0.25) is 5.89 Å². The second kappa shape index (κ2) is 6.07. The standard InChI is InChI=1S/C12H15N5O4/c1-6-5-8(10(14-6)11(18)19)16-12(20)13-4-3-9-15-7(2)21-17-9/h5,14H,3-4H2,1-2H3,(H,18,19)(H2,13,16,20). The Morgan fingerprint density at radius 3 is 2.81 bits per heavy atom. The van der Waals surface area contributed by atoms with Crippen LogP contribution in [0.1, 0.15) is 27.9 Å². The molecular weight excluding hydrogens is 278 g/mol. The summed E-state index contributed by atoms with van der Waals surface area (Å²) >= 11 is 0. The number of hydrogen-bond donors (Lipinski definition) is 4. The summed E-state index contributed by atoms with van der Waals surface area (Å²) in [5.74, 6) is -0.180. The lowest BCUT2D eigenvalue weighted by molar-refractivity contribution is 0.0692. The van der Waals surface area contributed by atoms with E-state index in [4.69, 9.17) is 9.63 Å². The van der Waals surface area contributed by atoms with Crippen molar-refractivity contribution in [3.05, 3.63) is 29.2 Å². The number of rotatable bonds is 5. The summed E-state index contributed by atoms with van der Waals surface area (Å²) in [6.45, 7) is 3.68. The Bertz CT molecular complexity index is 660. The van der Waals surface area contributed by atoms with E-state index in [9.17, 15) is 9.59 Å². The van der Waals surface area contributed by atoms with Gasteiger partial charge in [-0.25, -0.2) is 9.59 Å².